The Morgan fingerprint density at radius 1 is 0.957 bits per heavy atom. The first-order valence-electron chi connectivity index (χ1n) is 7.91. The highest BCUT2D eigenvalue weighted by Crippen LogP contribution is 2.37. The second-order valence-electron chi connectivity index (χ2n) is 6.30. The van der Waals surface area contributed by atoms with Crippen LogP contribution in [0.3, 0.4) is 0 Å². The number of fused-ring (bicyclic) bond motifs is 2. The highest BCUT2D eigenvalue weighted by Gasteiger charge is 2.29. The van der Waals surface area contributed by atoms with Crippen molar-refractivity contribution in [3.63, 3.8) is 0 Å². The van der Waals surface area contributed by atoms with Crippen LogP contribution in [-0.2, 0) is 0 Å². The lowest BCUT2D eigenvalue weighted by Crippen LogP contribution is -2.21. The predicted octanol–water partition coefficient (Wildman–Crippen LogP) is 5.16. The Morgan fingerprint density at radius 3 is 2.57 bits per heavy atom. The van der Waals surface area contributed by atoms with Gasteiger partial charge in [0.05, 0.1) is 12.0 Å². The topological polar surface area (TPSA) is 26.3 Å². The van der Waals surface area contributed by atoms with Crippen molar-refractivity contribution >= 4 is 16.6 Å². The van der Waals surface area contributed by atoms with Gasteiger partial charge in [0.25, 0.3) is 0 Å². The van der Waals surface area contributed by atoms with E-state index in [2.05, 4.69) is 30.3 Å². The third kappa shape index (κ3) is 2.40. The average molecular weight is 302 g/mol. The number of ketones is 1. The number of hydrogen-bond acceptors (Lipinski definition) is 2. The number of rotatable bonds is 1. The number of aryl methyl sites for hydroxylation is 2. The van der Waals surface area contributed by atoms with Crippen LogP contribution in [0.25, 0.3) is 10.8 Å². The van der Waals surface area contributed by atoms with Crippen LogP contribution in [0.5, 0.6) is 5.75 Å². The van der Waals surface area contributed by atoms with Gasteiger partial charge in [-0.25, -0.2) is 0 Å². The lowest BCUT2D eigenvalue weighted by molar-refractivity contribution is 0.0849. The molecule has 2 nitrogen and oxygen atoms in total. The molecule has 0 aliphatic carbocycles. The molecular formula is C21H18O2. The number of ether oxygens (including phenoxy) is 1. The molecule has 1 aliphatic heterocycles. The van der Waals surface area contributed by atoms with Gasteiger partial charge in [0.1, 0.15) is 11.9 Å². The Morgan fingerprint density at radius 2 is 1.74 bits per heavy atom. The van der Waals surface area contributed by atoms with Gasteiger partial charge in [-0.05, 0) is 53.4 Å². The Kier molecular flexibility index (Phi) is 3.19. The fraction of sp³-hybridized carbons (Fsp3) is 0.190. The molecule has 114 valence electrons. The molecule has 1 heterocycles. The van der Waals surface area contributed by atoms with E-state index in [0.29, 0.717) is 6.42 Å². The Bertz CT molecular complexity index is 924. The highest BCUT2D eigenvalue weighted by atomic mass is 16.5. The summed E-state index contributed by atoms with van der Waals surface area (Å²) in [6.45, 7) is 4.00. The van der Waals surface area contributed by atoms with E-state index in [4.69, 9.17) is 4.74 Å². The van der Waals surface area contributed by atoms with Crippen LogP contribution in [0.1, 0.15) is 39.6 Å². The molecule has 1 atom stereocenters. The van der Waals surface area contributed by atoms with Crippen LogP contribution in [0.15, 0.2) is 54.6 Å². The maximum Gasteiger partial charge on any atom is 0.170 e. The number of carbonyl (C=O) groups excluding carboxylic acids is 1. The van der Waals surface area contributed by atoms with E-state index >= 15 is 0 Å². The molecule has 0 radical (unpaired) electrons. The zero-order valence-corrected chi connectivity index (χ0v) is 13.3. The predicted molar refractivity (Wildman–Crippen MR) is 92.2 cm³/mol. The van der Waals surface area contributed by atoms with Gasteiger partial charge in [0, 0.05) is 0 Å². The van der Waals surface area contributed by atoms with Gasteiger partial charge < -0.3 is 4.74 Å². The van der Waals surface area contributed by atoms with Crippen LogP contribution in [0.4, 0.5) is 0 Å². The number of benzene rings is 3. The number of carbonyl (C=O) groups is 1. The summed E-state index contributed by atoms with van der Waals surface area (Å²) in [6, 6.07) is 18.5. The van der Waals surface area contributed by atoms with Gasteiger partial charge in [-0.2, -0.15) is 0 Å². The van der Waals surface area contributed by atoms with Crippen molar-refractivity contribution in [1.29, 1.82) is 0 Å². The molecule has 3 aromatic rings. The first kappa shape index (κ1) is 14.0. The van der Waals surface area contributed by atoms with E-state index in [1.807, 2.05) is 38.1 Å². The fourth-order valence-electron chi connectivity index (χ4n) is 3.44. The van der Waals surface area contributed by atoms with Crippen molar-refractivity contribution in [1.82, 2.24) is 0 Å². The van der Waals surface area contributed by atoms with Crippen molar-refractivity contribution in [2.75, 3.05) is 0 Å². The molecule has 0 fully saturated rings. The molecule has 0 aromatic heterocycles. The summed E-state index contributed by atoms with van der Waals surface area (Å²) in [7, 11) is 0. The van der Waals surface area contributed by atoms with E-state index < -0.39 is 0 Å². The third-order valence-electron chi connectivity index (χ3n) is 4.51. The second-order valence-corrected chi connectivity index (χ2v) is 6.30. The molecule has 23 heavy (non-hydrogen) atoms. The van der Waals surface area contributed by atoms with Gasteiger partial charge in [-0.15, -0.1) is 0 Å². The molecule has 0 spiro atoms. The van der Waals surface area contributed by atoms with Crippen LogP contribution in [-0.4, -0.2) is 5.78 Å². The van der Waals surface area contributed by atoms with E-state index in [0.717, 1.165) is 28.0 Å². The molecule has 2 heteroatoms. The smallest absolute Gasteiger partial charge is 0.170 e. The normalized spacial score (nSPS) is 17.0. The van der Waals surface area contributed by atoms with Crippen LogP contribution < -0.4 is 4.74 Å². The van der Waals surface area contributed by atoms with E-state index in [9.17, 15) is 4.79 Å². The zero-order valence-electron chi connectivity index (χ0n) is 13.3. The number of Topliss-reactive ketones (excluding diaryl/α,β-unsaturated/α-hetero) is 1. The van der Waals surface area contributed by atoms with Crippen molar-refractivity contribution < 1.29 is 9.53 Å². The first-order valence-corrected chi connectivity index (χ1v) is 7.91. The van der Waals surface area contributed by atoms with Crippen LogP contribution in [0, 0.1) is 13.8 Å². The quantitative estimate of drug-likeness (QED) is 0.620. The Labute approximate surface area is 135 Å². The van der Waals surface area contributed by atoms with Gasteiger partial charge in [-0.1, -0.05) is 42.5 Å². The molecule has 4 rings (SSSR count). The Hall–Kier alpha value is -2.61. The highest BCUT2D eigenvalue weighted by molar-refractivity contribution is 6.01. The zero-order chi connectivity index (χ0) is 16.0. The molecular weight excluding hydrogens is 284 g/mol. The maximum absolute atomic E-state index is 12.6. The average Bonchev–Trinajstić information content (AvgIpc) is 2.53. The van der Waals surface area contributed by atoms with Crippen molar-refractivity contribution in [3.8, 4) is 5.75 Å². The maximum atomic E-state index is 12.6. The summed E-state index contributed by atoms with van der Waals surface area (Å²) in [6.07, 6.45) is 0.190. The van der Waals surface area contributed by atoms with Crippen molar-refractivity contribution in [2.24, 2.45) is 0 Å². The summed E-state index contributed by atoms with van der Waals surface area (Å²) < 4.78 is 6.18. The van der Waals surface area contributed by atoms with Crippen LogP contribution >= 0.6 is 0 Å². The van der Waals surface area contributed by atoms with Gasteiger partial charge in [0.2, 0.25) is 0 Å². The van der Waals surface area contributed by atoms with Crippen LogP contribution in [0.2, 0.25) is 0 Å². The molecule has 0 N–H and O–H groups in total. The molecule has 0 unspecified atom stereocenters. The monoisotopic (exact) mass is 302 g/mol. The summed E-state index contributed by atoms with van der Waals surface area (Å²) in [5.41, 5.74) is 3.92. The van der Waals surface area contributed by atoms with Crippen molar-refractivity contribution in [3.05, 3.63) is 76.9 Å². The minimum absolute atomic E-state index is 0.168. The minimum Gasteiger partial charge on any atom is -0.484 e. The number of hydrogen-bond donors (Lipinski definition) is 0. The van der Waals surface area contributed by atoms with Gasteiger partial charge >= 0.3 is 0 Å². The summed E-state index contributed by atoms with van der Waals surface area (Å²) in [5, 5.41) is 2.37. The largest absolute Gasteiger partial charge is 0.484 e. The standard InChI is InChI=1S/C21H18O2/c1-13-9-14(2)21-18(22)12-19(23-20(21)10-13)17-8-7-15-5-3-4-6-16(15)11-17/h3-11,19H,12H2,1-2H3/t19-/m0/s1. The lowest BCUT2D eigenvalue weighted by atomic mass is 9.92. The second kappa shape index (κ2) is 5.24. The summed E-state index contributed by atoms with van der Waals surface area (Å²) in [5.74, 6) is 0.888. The summed E-state index contributed by atoms with van der Waals surface area (Å²) in [4.78, 5) is 12.6. The minimum atomic E-state index is -0.208. The molecule has 0 amide bonds. The van der Waals surface area contributed by atoms with E-state index in [-0.39, 0.29) is 11.9 Å². The van der Waals surface area contributed by atoms with E-state index in [1.165, 1.54) is 10.8 Å². The fourth-order valence-corrected chi connectivity index (χ4v) is 3.44. The van der Waals surface area contributed by atoms with E-state index in [1.54, 1.807) is 0 Å². The SMILES string of the molecule is Cc1cc(C)c2c(c1)O[C@H](c1ccc3ccccc3c1)CC2=O. The Balaban J connectivity index is 1.76. The third-order valence-corrected chi connectivity index (χ3v) is 4.51. The molecule has 0 saturated heterocycles. The molecule has 0 bridgehead atoms. The molecule has 0 saturated carbocycles. The molecule has 3 aromatic carbocycles. The van der Waals surface area contributed by atoms with Gasteiger partial charge in [0.15, 0.2) is 5.78 Å². The van der Waals surface area contributed by atoms with Gasteiger partial charge in [-0.3, -0.25) is 4.79 Å². The lowest BCUT2D eigenvalue weighted by Gasteiger charge is -2.27. The van der Waals surface area contributed by atoms with Crippen molar-refractivity contribution in [2.45, 2.75) is 26.4 Å². The summed E-state index contributed by atoms with van der Waals surface area (Å²) >= 11 is 0. The first-order chi connectivity index (χ1) is 11.1. The molecule has 1 aliphatic rings.